The predicted molar refractivity (Wildman–Crippen MR) is 65.5 cm³/mol. The number of rotatable bonds is 4. The molecule has 0 unspecified atom stereocenters. The van der Waals surface area contributed by atoms with Crippen molar-refractivity contribution < 1.29 is 9.90 Å². The number of carboxylic acid groups (broad SMARTS) is 1. The lowest BCUT2D eigenvalue weighted by atomic mass is 10.2. The molecule has 0 fully saturated rings. The van der Waals surface area contributed by atoms with Crippen molar-refractivity contribution in [1.82, 2.24) is 20.2 Å². The van der Waals surface area contributed by atoms with Crippen molar-refractivity contribution in [2.75, 3.05) is 0 Å². The van der Waals surface area contributed by atoms with Gasteiger partial charge in [-0.2, -0.15) is 4.80 Å². The summed E-state index contributed by atoms with van der Waals surface area (Å²) in [6, 6.07) is 4.98. The lowest BCUT2D eigenvalue weighted by Crippen LogP contribution is -2.07. The second-order valence-electron chi connectivity index (χ2n) is 3.48. The van der Waals surface area contributed by atoms with Crippen LogP contribution >= 0.6 is 23.2 Å². The van der Waals surface area contributed by atoms with Crippen LogP contribution in [0, 0.1) is 0 Å². The van der Waals surface area contributed by atoms with Crippen LogP contribution in [-0.2, 0) is 11.3 Å². The first-order chi connectivity index (χ1) is 8.56. The van der Waals surface area contributed by atoms with Crippen LogP contribution in [0.25, 0.3) is 11.4 Å². The van der Waals surface area contributed by atoms with E-state index in [1.807, 2.05) is 0 Å². The number of tetrazole rings is 1. The van der Waals surface area contributed by atoms with Crippen LogP contribution in [-0.4, -0.2) is 31.3 Å². The molecule has 0 aliphatic rings. The third-order valence-electron chi connectivity index (χ3n) is 2.16. The van der Waals surface area contributed by atoms with Gasteiger partial charge in [-0.05, 0) is 23.4 Å². The number of halogens is 2. The van der Waals surface area contributed by atoms with Crippen LogP contribution in [0.2, 0.25) is 10.0 Å². The highest BCUT2D eigenvalue weighted by Crippen LogP contribution is 2.26. The maximum absolute atomic E-state index is 10.4. The number of hydrogen-bond acceptors (Lipinski definition) is 4. The first-order valence-electron chi connectivity index (χ1n) is 5.01. The summed E-state index contributed by atoms with van der Waals surface area (Å²) in [6.45, 7) is 0.170. The molecule has 8 heteroatoms. The molecule has 0 amide bonds. The SMILES string of the molecule is O=C(O)CCn1nnc(-c2ccc(Cl)c(Cl)c2)n1. The highest BCUT2D eigenvalue weighted by atomic mass is 35.5. The zero-order valence-electron chi connectivity index (χ0n) is 9.05. The van der Waals surface area contributed by atoms with Gasteiger partial charge >= 0.3 is 5.97 Å². The minimum absolute atomic E-state index is 0.0584. The van der Waals surface area contributed by atoms with Crippen molar-refractivity contribution >= 4 is 29.2 Å². The second-order valence-corrected chi connectivity index (χ2v) is 4.30. The molecule has 0 atom stereocenters. The Bertz CT molecular complexity index is 585. The molecule has 6 nitrogen and oxygen atoms in total. The fourth-order valence-electron chi connectivity index (χ4n) is 1.28. The Hall–Kier alpha value is -1.66. The third kappa shape index (κ3) is 2.96. The summed E-state index contributed by atoms with van der Waals surface area (Å²) in [6.07, 6.45) is -0.0584. The molecule has 1 aromatic heterocycles. The van der Waals surface area contributed by atoms with Gasteiger partial charge in [-0.3, -0.25) is 4.79 Å². The van der Waals surface area contributed by atoms with Crippen molar-refractivity contribution in [3.8, 4) is 11.4 Å². The lowest BCUT2D eigenvalue weighted by Gasteiger charge is -1.98. The Labute approximate surface area is 112 Å². The van der Waals surface area contributed by atoms with Gasteiger partial charge in [0.05, 0.1) is 23.0 Å². The van der Waals surface area contributed by atoms with Gasteiger partial charge in [0.1, 0.15) is 0 Å². The molecule has 0 saturated carbocycles. The molecule has 1 aromatic carbocycles. The summed E-state index contributed by atoms with van der Waals surface area (Å²) in [4.78, 5) is 11.6. The van der Waals surface area contributed by atoms with Crippen molar-refractivity contribution in [2.45, 2.75) is 13.0 Å². The molecule has 2 aromatic rings. The van der Waals surface area contributed by atoms with Crippen LogP contribution in [0.1, 0.15) is 6.42 Å². The molecule has 94 valence electrons. The molecule has 0 aliphatic carbocycles. The minimum atomic E-state index is -0.914. The van der Waals surface area contributed by atoms with Crippen LogP contribution in [0.3, 0.4) is 0 Å². The summed E-state index contributed by atoms with van der Waals surface area (Å²) in [5.41, 5.74) is 0.672. The summed E-state index contributed by atoms with van der Waals surface area (Å²) >= 11 is 11.7. The zero-order valence-corrected chi connectivity index (χ0v) is 10.6. The van der Waals surface area contributed by atoms with E-state index in [4.69, 9.17) is 28.3 Å². The van der Waals surface area contributed by atoms with Crippen LogP contribution in [0.15, 0.2) is 18.2 Å². The van der Waals surface area contributed by atoms with E-state index in [-0.39, 0.29) is 13.0 Å². The number of nitrogens with zero attached hydrogens (tertiary/aromatic N) is 4. The lowest BCUT2D eigenvalue weighted by molar-refractivity contribution is -0.137. The van der Waals surface area contributed by atoms with Gasteiger partial charge in [0.2, 0.25) is 5.82 Å². The van der Waals surface area contributed by atoms with E-state index in [9.17, 15) is 4.79 Å². The van der Waals surface area contributed by atoms with E-state index in [0.717, 1.165) is 0 Å². The zero-order chi connectivity index (χ0) is 13.1. The number of aliphatic carboxylic acids is 1. The maximum Gasteiger partial charge on any atom is 0.305 e. The Morgan fingerprint density at radius 1 is 1.33 bits per heavy atom. The molecule has 0 saturated heterocycles. The van der Waals surface area contributed by atoms with E-state index in [1.165, 1.54) is 4.80 Å². The van der Waals surface area contributed by atoms with Crippen LogP contribution in [0.5, 0.6) is 0 Å². The first-order valence-corrected chi connectivity index (χ1v) is 5.77. The fourth-order valence-corrected chi connectivity index (χ4v) is 1.58. The minimum Gasteiger partial charge on any atom is -0.481 e. The van der Waals surface area contributed by atoms with Gasteiger partial charge in [-0.15, -0.1) is 10.2 Å². The molecule has 0 aliphatic heterocycles. The maximum atomic E-state index is 10.4. The van der Waals surface area contributed by atoms with E-state index in [0.29, 0.717) is 21.4 Å². The third-order valence-corrected chi connectivity index (χ3v) is 2.90. The molecular weight excluding hydrogens is 279 g/mol. The Balaban J connectivity index is 2.18. The predicted octanol–water partition coefficient (Wildman–Crippen LogP) is 2.12. The average Bonchev–Trinajstić information content (AvgIpc) is 2.79. The second kappa shape index (κ2) is 5.32. The molecule has 0 spiro atoms. The van der Waals surface area contributed by atoms with Gasteiger partial charge in [0.25, 0.3) is 0 Å². The van der Waals surface area contributed by atoms with Crippen molar-refractivity contribution in [1.29, 1.82) is 0 Å². The summed E-state index contributed by atoms with van der Waals surface area (Å²) in [5, 5.41) is 21.0. The number of aryl methyl sites for hydroxylation is 1. The number of carbonyl (C=O) groups is 1. The van der Waals surface area contributed by atoms with Crippen LogP contribution in [0.4, 0.5) is 0 Å². The van der Waals surface area contributed by atoms with Gasteiger partial charge in [0.15, 0.2) is 0 Å². The molecule has 2 rings (SSSR count). The Morgan fingerprint density at radius 2 is 2.11 bits per heavy atom. The number of carboxylic acids is 1. The Kier molecular flexibility index (Phi) is 3.78. The highest BCUT2D eigenvalue weighted by molar-refractivity contribution is 6.42. The smallest absolute Gasteiger partial charge is 0.305 e. The first kappa shape index (κ1) is 12.8. The quantitative estimate of drug-likeness (QED) is 0.931. The van der Waals surface area contributed by atoms with Crippen molar-refractivity contribution in [2.24, 2.45) is 0 Å². The number of hydrogen-bond donors (Lipinski definition) is 1. The standard InChI is InChI=1S/C10H8Cl2N4O2/c11-7-2-1-6(5-8(7)12)10-13-15-16(14-10)4-3-9(17)18/h1-2,5H,3-4H2,(H,17,18). The van der Waals surface area contributed by atoms with E-state index >= 15 is 0 Å². The molecule has 1 heterocycles. The van der Waals surface area contributed by atoms with Crippen molar-refractivity contribution in [3.63, 3.8) is 0 Å². The molecule has 0 radical (unpaired) electrons. The molecular formula is C10H8Cl2N4O2. The summed E-state index contributed by atoms with van der Waals surface area (Å²) in [5.74, 6) is -0.539. The fraction of sp³-hybridized carbons (Fsp3) is 0.200. The normalized spacial score (nSPS) is 10.6. The number of benzene rings is 1. The number of aromatic nitrogens is 4. The van der Waals surface area contributed by atoms with Crippen molar-refractivity contribution in [3.05, 3.63) is 28.2 Å². The van der Waals surface area contributed by atoms with Gasteiger partial charge in [0, 0.05) is 5.56 Å². The summed E-state index contributed by atoms with van der Waals surface area (Å²) < 4.78 is 0. The largest absolute Gasteiger partial charge is 0.481 e. The van der Waals surface area contributed by atoms with E-state index < -0.39 is 5.97 Å². The molecule has 1 N–H and O–H groups in total. The van der Waals surface area contributed by atoms with Gasteiger partial charge in [-0.1, -0.05) is 23.2 Å². The van der Waals surface area contributed by atoms with E-state index in [2.05, 4.69) is 15.4 Å². The van der Waals surface area contributed by atoms with Gasteiger partial charge < -0.3 is 5.11 Å². The van der Waals surface area contributed by atoms with Crippen LogP contribution < -0.4 is 0 Å². The highest BCUT2D eigenvalue weighted by Gasteiger charge is 2.08. The topological polar surface area (TPSA) is 80.9 Å². The molecule has 0 bridgehead atoms. The van der Waals surface area contributed by atoms with Gasteiger partial charge in [-0.25, -0.2) is 0 Å². The Morgan fingerprint density at radius 3 is 2.78 bits per heavy atom. The molecule has 18 heavy (non-hydrogen) atoms. The monoisotopic (exact) mass is 286 g/mol. The van der Waals surface area contributed by atoms with E-state index in [1.54, 1.807) is 18.2 Å². The average molecular weight is 287 g/mol. The summed E-state index contributed by atoms with van der Waals surface area (Å²) in [7, 11) is 0.